The summed E-state index contributed by atoms with van der Waals surface area (Å²) in [5, 5.41) is 6.20. The minimum Gasteiger partial charge on any atom is -0.419 e. The second-order valence-corrected chi connectivity index (χ2v) is 7.23. The normalized spacial score (nSPS) is 11.9. The van der Waals surface area contributed by atoms with Crippen LogP contribution in [0.1, 0.15) is 0 Å². The molecular formula is C22H13Cl2N5O. The highest BCUT2D eigenvalue weighted by molar-refractivity contribution is 6.30. The van der Waals surface area contributed by atoms with E-state index in [0.29, 0.717) is 38.3 Å². The zero-order valence-electron chi connectivity index (χ0n) is 15.4. The van der Waals surface area contributed by atoms with Crippen molar-refractivity contribution in [2.75, 3.05) is 0 Å². The van der Waals surface area contributed by atoms with Crippen LogP contribution in [0.2, 0.25) is 10.2 Å². The van der Waals surface area contributed by atoms with Gasteiger partial charge in [-0.2, -0.15) is 10.1 Å². The Bertz CT molecular complexity index is 1390. The first kappa shape index (κ1) is 18.5. The molecule has 0 aliphatic carbocycles. The first-order chi connectivity index (χ1) is 14.7. The Morgan fingerprint density at radius 2 is 1.67 bits per heavy atom. The summed E-state index contributed by atoms with van der Waals surface area (Å²) in [7, 11) is 0. The molecule has 0 N–H and O–H groups in total. The number of nitrogens with zero attached hydrogens (tertiary/aromatic N) is 5. The van der Waals surface area contributed by atoms with Crippen LogP contribution in [-0.2, 0) is 0 Å². The third kappa shape index (κ3) is 3.58. The highest BCUT2D eigenvalue weighted by Crippen LogP contribution is 2.23. The second kappa shape index (κ2) is 7.74. The van der Waals surface area contributed by atoms with Crippen LogP contribution in [0.15, 0.2) is 88.5 Å². The van der Waals surface area contributed by atoms with Crippen molar-refractivity contribution in [1.82, 2.24) is 19.7 Å². The van der Waals surface area contributed by atoms with E-state index in [1.54, 1.807) is 41.3 Å². The molecule has 8 heteroatoms. The van der Waals surface area contributed by atoms with Crippen molar-refractivity contribution in [3.8, 4) is 17.1 Å². The molecule has 0 spiro atoms. The molecule has 0 fully saturated rings. The van der Waals surface area contributed by atoms with E-state index in [9.17, 15) is 0 Å². The van der Waals surface area contributed by atoms with Crippen LogP contribution in [0.4, 0.5) is 5.69 Å². The molecule has 0 aliphatic rings. The number of rotatable bonds is 3. The van der Waals surface area contributed by atoms with E-state index in [1.807, 2.05) is 42.5 Å². The number of aromatic nitrogens is 4. The summed E-state index contributed by atoms with van der Waals surface area (Å²) in [6.45, 7) is 0. The molecule has 0 aliphatic heterocycles. The fourth-order valence-electron chi connectivity index (χ4n) is 2.97. The topological polar surface area (TPSA) is 69.1 Å². The molecule has 146 valence electrons. The summed E-state index contributed by atoms with van der Waals surface area (Å²) >= 11 is 11.9. The van der Waals surface area contributed by atoms with E-state index in [2.05, 4.69) is 15.1 Å². The smallest absolute Gasteiger partial charge is 0.234 e. The minimum atomic E-state index is 0.372. The lowest BCUT2D eigenvalue weighted by Gasteiger charge is -2.05. The fourth-order valence-corrected chi connectivity index (χ4v) is 3.21. The van der Waals surface area contributed by atoms with Gasteiger partial charge in [-0.15, -0.1) is 0 Å². The number of benzene rings is 2. The van der Waals surface area contributed by atoms with E-state index in [4.69, 9.17) is 32.6 Å². The first-order valence-electron chi connectivity index (χ1n) is 9.04. The van der Waals surface area contributed by atoms with Crippen molar-refractivity contribution in [3.05, 3.63) is 94.9 Å². The number of fused-ring (bicyclic) bond motifs is 1. The quantitative estimate of drug-likeness (QED) is 0.346. The van der Waals surface area contributed by atoms with E-state index < -0.39 is 0 Å². The van der Waals surface area contributed by atoms with Crippen molar-refractivity contribution < 1.29 is 4.42 Å². The van der Waals surface area contributed by atoms with E-state index in [1.165, 1.54) is 0 Å². The molecular weight excluding hydrogens is 421 g/mol. The van der Waals surface area contributed by atoms with Crippen LogP contribution >= 0.6 is 23.2 Å². The van der Waals surface area contributed by atoms with Crippen LogP contribution in [0.5, 0.6) is 0 Å². The molecule has 30 heavy (non-hydrogen) atoms. The number of para-hydroxylation sites is 1. The van der Waals surface area contributed by atoms with Crippen molar-refractivity contribution in [2.45, 2.75) is 0 Å². The predicted molar refractivity (Wildman–Crippen MR) is 116 cm³/mol. The lowest BCUT2D eigenvalue weighted by Crippen LogP contribution is -2.06. The molecule has 3 aromatic heterocycles. The van der Waals surface area contributed by atoms with Gasteiger partial charge >= 0.3 is 0 Å². The van der Waals surface area contributed by atoms with E-state index >= 15 is 0 Å². The molecule has 5 aromatic rings. The van der Waals surface area contributed by atoms with Gasteiger partial charge in [-0.05, 0) is 48.5 Å². The first-order valence-corrected chi connectivity index (χ1v) is 9.79. The molecule has 0 saturated heterocycles. The number of hydrogen-bond acceptors (Lipinski definition) is 5. The SMILES string of the molecule is Clc1ccc(-c2nc3c(cnn3-c3ccccc3)c(=Nc3ccc(Cl)nc3)o2)cc1. The van der Waals surface area contributed by atoms with Crippen LogP contribution in [0, 0.1) is 0 Å². The maximum Gasteiger partial charge on any atom is 0.234 e. The Hall–Kier alpha value is -3.48. The van der Waals surface area contributed by atoms with Crippen molar-refractivity contribution in [1.29, 1.82) is 0 Å². The van der Waals surface area contributed by atoms with Crippen LogP contribution in [0.25, 0.3) is 28.2 Å². The molecule has 3 heterocycles. The summed E-state index contributed by atoms with van der Waals surface area (Å²) in [6.07, 6.45) is 3.26. The van der Waals surface area contributed by atoms with Gasteiger partial charge in [-0.3, -0.25) is 0 Å². The summed E-state index contributed by atoms with van der Waals surface area (Å²) in [4.78, 5) is 13.4. The van der Waals surface area contributed by atoms with Gasteiger partial charge in [0.05, 0.1) is 23.8 Å². The zero-order valence-corrected chi connectivity index (χ0v) is 16.9. The third-order valence-corrected chi connectivity index (χ3v) is 4.88. The Balaban J connectivity index is 1.78. The Morgan fingerprint density at radius 1 is 0.867 bits per heavy atom. The number of hydrogen-bond donors (Lipinski definition) is 0. The summed E-state index contributed by atoms with van der Waals surface area (Å²) < 4.78 is 7.82. The molecule has 0 unspecified atom stereocenters. The van der Waals surface area contributed by atoms with Gasteiger partial charge in [0.25, 0.3) is 0 Å². The molecule has 5 rings (SSSR count). The Morgan fingerprint density at radius 3 is 2.40 bits per heavy atom. The lowest BCUT2D eigenvalue weighted by molar-refractivity contribution is 0.504. The van der Waals surface area contributed by atoms with Gasteiger partial charge in [-0.25, -0.2) is 14.7 Å². The highest BCUT2D eigenvalue weighted by Gasteiger charge is 2.14. The third-order valence-electron chi connectivity index (χ3n) is 4.41. The number of pyridine rings is 1. The lowest BCUT2D eigenvalue weighted by atomic mass is 10.2. The molecule has 0 radical (unpaired) electrons. The van der Waals surface area contributed by atoms with Gasteiger partial charge < -0.3 is 4.42 Å². The molecule has 0 atom stereocenters. The monoisotopic (exact) mass is 433 g/mol. The largest absolute Gasteiger partial charge is 0.419 e. The van der Waals surface area contributed by atoms with Gasteiger partial charge in [0.15, 0.2) is 5.65 Å². The Kier molecular flexibility index (Phi) is 4.78. The van der Waals surface area contributed by atoms with Crippen LogP contribution < -0.4 is 5.55 Å². The average Bonchev–Trinajstić information content (AvgIpc) is 3.21. The fraction of sp³-hybridized carbons (Fsp3) is 0. The Labute approximate surface area is 181 Å². The average molecular weight is 434 g/mol. The summed E-state index contributed by atoms with van der Waals surface area (Å²) in [6, 6.07) is 20.5. The van der Waals surface area contributed by atoms with Crippen molar-refractivity contribution in [3.63, 3.8) is 0 Å². The van der Waals surface area contributed by atoms with Crippen molar-refractivity contribution in [2.24, 2.45) is 4.99 Å². The van der Waals surface area contributed by atoms with Gasteiger partial charge in [-0.1, -0.05) is 41.4 Å². The second-order valence-electron chi connectivity index (χ2n) is 6.41. The highest BCUT2D eigenvalue weighted by atomic mass is 35.5. The standard InChI is InChI=1S/C22H13Cl2N5O/c23-15-8-6-14(7-9-15)21-28-20-18(13-26-29(20)17-4-2-1-3-5-17)22(30-21)27-16-10-11-19(24)25-12-16/h1-13H. The number of halogens is 2. The van der Waals surface area contributed by atoms with Crippen LogP contribution in [-0.4, -0.2) is 19.7 Å². The molecule has 0 saturated carbocycles. The van der Waals surface area contributed by atoms with Crippen molar-refractivity contribution >= 4 is 39.9 Å². The predicted octanol–water partition coefficient (Wildman–Crippen LogP) is 5.61. The maximum absolute atomic E-state index is 6.07. The summed E-state index contributed by atoms with van der Waals surface area (Å²) in [5.41, 5.74) is 3.25. The zero-order chi connectivity index (χ0) is 20.5. The van der Waals surface area contributed by atoms with E-state index in [0.717, 1.165) is 11.3 Å². The van der Waals surface area contributed by atoms with Gasteiger partial charge in [0.1, 0.15) is 10.5 Å². The van der Waals surface area contributed by atoms with E-state index in [-0.39, 0.29) is 0 Å². The molecule has 6 nitrogen and oxygen atoms in total. The maximum atomic E-state index is 6.07. The van der Waals surface area contributed by atoms with Gasteiger partial charge in [0, 0.05) is 10.6 Å². The minimum absolute atomic E-state index is 0.372. The summed E-state index contributed by atoms with van der Waals surface area (Å²) in [5.74, 6) is 0.400. The molecule has 0 bridgehead atoms. The molecule has 0 amide bonds. The van der Waals surface area contributed by atoms with Crippen LogP contribution in [0.3, 0.4) is 0 Å². The molecule has 2 aromatic carbocycles. The van der Waals surface area contributed by atoms with Gasteiger partial charge in [0.2, 0.25) is 11.4 Å².